The predicted molar refractivity (Wildman–Crippen MR) is 133 cm³/mol. The van der Waals surface area contributed by atoms with E-state index in [2.05, 4.69) is 0 Å². The number of methoxy groups -OCH3 is 1. The number of ether oxygens (including phenoxy) is 3. The Labute approximate surface area is 202 Å². The van der Waals surface area contributed by atoms with Crippen molar-refractivity contribution in [3.05, 3.63) is 120 Å². The Hall–Kier alpha value is -4.84. The molecule has 0 bridgehead atoms. The van der Waals surface area contributed by atoms with Crippen LogP contribution in [-0.4, -0.2) is 19.0 Å². The first-order chi connectivity index (χ1) is 17.1. The Balaban J connectivity index is 1.38. The molecule has 0 atom stereocenters. The normalized spacial score (nSPS) is 13.2. The fourth-order valence-corrected chi connectivity index (χ4v) is 3.74. The number of anilines is 2. The molecule has 0 spiro atoms. The molecule has 0 saturated heterocycles. The number of ketones is 1. The second-order valence-electron chi connectivity index (χ2n) is 7.75. The van der Waals surface area contributed by atoms with Crippen molar-refractivity contribution in [2.45, 2.75) is 0 Å². The second-order valence-corrected chi connectivity index (χ2v) is 7.75. The van der Waals surface area contributed by atoms with Gasteiger partial charge in [0.2, 0.25) is 5.78 Å². The van der Waals surface area contributed by atoms with E-state index in [0.717, 1.165) is 11.3 Å². The molecule has 0 aromatic heterocycles. The third-order valence-corrected chi connectivity index (χ3v) is 5.47. The number of para-hydroxylation sites is 2. The molecule has 0 radical (unpaired) electrons. The van der Waals surface area contributed by atoms with Crippen molar-refractivity contribution >= 4 is 29.3 Å². The van der Waals surface area contributed by atoms with Crippen LogP contribution in [0.25, 0.3) is 6.08 Å². The summed E-state index contributed by atoms with van der Waals surface area (Å²) in [6.45, 7) is 0. The van der Waals surface area contributed by atoms with Gasteiger partial charge in [0, 0.05) is 6.07 Å². The average Bonchev–Trinajstić information content (AvgIpc) is 3.20. The molecule has 1 amide bonds. The van der Waals surface area contributed by atoms with E-state index in [1.54, 1.807) is 31.4 Å². The summed E-state index contributed by atoms with van der Waals surface area (Å²) in [4.78, 5) is 27.5. The fourth-order valence-electron chi connectivity index (χ4n) is 3.74. The van der Waals surface area contributed by atoms with Gasteiger partial charge >= 0.3 is 6.09 Å². The summed E-state index contributed by atoms with van der Waals surface area (Å²) in [6.07, 6.45) is 1.08. The standard InChI is InChI=1S/C29H21NO5/c1-33-23-14-12-20(13-15-23)18-27-28(31)25-17-16-24(19-26(25)35-27)34-29(32)30(21-8-4-2-5-9-21)22-10-6-3-7-11-22/h2-19H,1H3. The van der Waals surface area contributed by atoms with Crippen LogP contribution in [0.3, 0.4) is 0 Å². The van der Waals surface area contributed by atoms with E-state index in [1.807, 2.05) is 84.9 Å². The molecule has 1 heterocycles. The highest BCUT2D eigenvalue weighted by Crippen LogP contribution is 2.36. The monoisotopic (exact) mass is 463 g/mol. The number of rotatable bonds is 5. The molecule has 172 valence electrons. The van der Waals surface area contributed by atoms with E-state index in [1.165, 1.54) is 4.90 Å². The molecule has 4 aromatic rings. The lowest BCUT2D eigenvalue weighted by Gasteiger charge is -2.22. The van der Waals surface area contributed by atoms with Gasteiger partial charge in [-0.05, 0) is 60.2 Å². The molecule has 0 aliphatic carbocycles. The van der Waals surface area contributed by atoms with Crippen LogP contribution < -0.4 is 19.1 Å². The van der Waals surface area contributed by atoms with Crippen molar-refractivity contribution in [3.8, 4) is 17.2 Å². The zero-order valence-corrected chi connectivity index (χ0v) is 18.9. The maximum Gasteiger partial charge on any atom is 0.424 e. The molecule has 6 heteroatoms. The van der Waals surface area contributed by atoms with Gasteiger partial charge in [-0.3, -0.25) is 4.79 Å². The highest BCUT2D eigenvalue weighted by atomic mass is 16.6. The lowest BCUT2D eigenvalue weighted by molar-refractivity contribution is 0.101. The van der Waals surface area contributed by atoms with Crippen molar-refractivity contribution in [1.29, 1.82) is 0 Å². The molecular formula is C29H21NO5. The topological polar surface area (TPSA) is 65.1 Å². The molecule has 0 unspecified atom stereocenters. The average molecular weight is 463 g/mol. The van der Waals surface area contributed by atoms with Crippen LogP contribution in [0.5, 0.6) is 17.2 Å². The van der Waals surface area contributed by atoms with Crippen molar-refractivity contribution in [1.82, 2.24) is 0 Å². The molecule has 0 fully saturated rings. The summed E-state index contributed by atoms with van der Waals surface area (Å²) in [6, 6.07) is 30.5. The first-order valence-electron chi connectivity index (χ1n) is 11.0. The summed E-state index contributed by atoms with van der Waals surface area (Å²) < 4.78 is 16.7. The Kier molecular flexibility index (Phi) is 6.01. The summed E-state index contributed by atoms with van der Waals surface area (Å²) in [5.74, 6) is 1.29. The van der Waals surface area contributed by atoms with Crippen LogP contribution in [0.4, 0.5) is 16.2 Å². The maximum absolute atomic E-state index is 13.2. The van der Waals surface area contributed by atoms with E-state index in [9.17, 15) is 9.59 Å². The number of hydrogen-bond acceptors (Lipinski definition) is 5. The van der Waals surface area contributed by atoms with Crippen molar-refractivity contribution in [3.63, 3.8) is 0 Å². The zero-order chi connectivity index (χ0) is 24.2. The van der Waals surface area contributed by atoms with Gasteiger partial charge in [0.15, 0.2) is 5.76 Å². The highest BCUT2D eigenvalue weighted by Gasteiger charge is 2.28. The third kappa shape index (κ3) is 4.63. The van der Waals surface area contributed by atoms with Crippen molar-refractivity contribution in [2.75, 3.05) is 12.0 Å². The van der Waals surface area contributed by atoms with Gasteiger partial charge in [-0.25, -0.2) is 9.69 Å². The number of fused-ring (bicyclic) bond motifs is 1. The van der Waals surface area contributed by atoms with E-state index in [-0.39, 0.29) is 17.3 Å². The molecule has 1 aliphatic rings. The minimum Gasteiger partial charge on any atom is -0.497 e. The molecule has 4 aromatic carbocycles. The van der Waals surface area contributed by atoms with Gasteiger partial charge in [-0.15, -0.1) is 0 Å². The molecule has 35 heavy (non-hydrogen) atoms. The van der Waals surface area contributed by atoms with Crippen LogP contribution in [0.2, 0.25) is 0 Å². The molecule has 5 rings (SSSR count). The van der Waals surface area contributed by atoms with Crippen LogP contribution in [0.15, 0.2) is 109 Å². The Morgan fingerprint density at radius 2 is 1.40 bits per heavy atom. The number of hydrogen-bond donors (Lipinski definition) is 0. The van der Waals surface area contributed by atoms with Crippen molar-refractivity contribution in [2.24, 2.45) is 0 Å². The third-order valence-electron chi connectivity index (χ3n) is 5.47. The second kappa shape index (κ2) is 9.57. The lowest BCUT2D eigenvalue weighted by Crippen LogP contribution is -2.29. The smallest absolute Gasteiger partial charge is 0.424 e. The maximum atomic E-state index is 13.2. The quantitative estimate of drug-likeness (QED) is 0.310. The number of allylic oxidation sites excluding steroid dienone is 1. The minimum atomic E-state index is -0.583. The summed E-state index contributed by atoms with van der Waals surface area (Å²) in [7, 11) is 1.59. The van der Waals surface area contributed by atoms with Gasteiger partial charge in [-0.1, -0.05) is 48.5 Å². The number of benzene rings is 4. The number of carbonyl (C=O) groups excluding carboxylic acids is 2. The largest absolute Gasteiger partial charge is 0.497 e. The Bertz CT molecular complexity index is 1360. The summed E-state index contributed by atoms with van der Waals surface area (Å²) in [5, 5.41) is 0. The van der Waals surface area contributed by atoms with Crippen LogP contribution in [-0.2, 0) is 0 Å². The van der Waals surface area contributed by atoms with Gasteiger partial charge < -0.3 is 14.2 Å². The molecule has 1 aliphatic heterocycles. The molecule has 0 saturated carbocycles. The highest BCUT2D eigenvalue weighted by molar-refractivity contribution is 6.14. The zero-order valence-electron chi connectivity index (χ0n) is 18.9. The molecule has 0 N–H and O–H groups in total. The van der Waals surface area contributed by atoms with Gasteiger partial charge in [-0.2, -0.15) is 0 Å². The number of nitrogens with zero attached hydrogens (tertiary/aromatic N) is 1. The summed E-state index contributed by atoms with van der Waals surface area (Å²) >= 11 is 0. The van der Waals surface area contributed by atoms with Crippen LogP contribution >= 0.6 is 0 Å². The number of Topliss-reactive ketones (excluding diaryl/α,β-unsaturated/α-hetero) is 1. The molecule has 6 nitrogen and oxygen atoms in total. The van der Waals surface area contributed by atoms with Gasteiger partial charge in [0.1, 0.15) is 17.2 Å². The lowest BCUT2D eigenvalue weighted by atomic mass is 10.1. The van der Waals surface area contributed by atoms with E-state index >= 15 is 0 Å². The predicted octanol–water partition coefficient (Wildman–Crippen LogP) is 6.65. The SMILES string of the molecule is COc1ccc(C=C2Oc3cc(OC(=O)N(c4ccccc4)c4ccccc4)ccc3C2=O)cc1. The van der Waals surface area contributed by atoms with Gasteiger partial charge in [0.25, 0.3) is 0 Å². The van der Waals surface area contributed by atoms with Crippen molar-refractivity contribution < 1.29 is 23.8 Å². The summed E-state index contributed by atoms with van der Waals surface area (Å²) in [5.41, 5.74) is 2.55. The van der Waals surface area contributed by atoms with Gasteiger partial charge in [0.05, 0.1) is 24.0 Å². The fraction of sp³-hybridized carbons (Fsp3) is 0.0345. The van der Waals surface area contributed by atoms with Crippen LogP contribution in [0, 0.1) is 0 Å². The van der Waals surface area contributed by atoms with Crippen LogP contribution in [0.1, 0.15) is 15.9 Å². The number of amides is 1. The Morgan fingerprint density at radius 3 is 2.00 bits per heavy atom. The number of carbonyl (C=O) groups is 2. The first kappa shape index (κ1) is 22.0. The molecular weight excluding hydrogens is 442 g/mol. The van der Waals surface area contributed by atoms with E-state index in [0.29, 0.717) is 22.7 Å². The first-order valence-corrected chi connectivity index (χ1v) is 11.0. The Morgan fingerprint density at radius 1 is 0.800 bits per heavy atom. The van der Waals surface area contributed by atoms with E-state index in [4.69, 9.17) is 14.2 Å². The van der Waals surface area contributed by atoms with E-state index < -0.39 is 6.09 Å². The minimum absolute atomic E-state index is 0.198.